The smallest absolute Gasteiger partial charge is 0.335 e. The fraction of sp³-hybridized carbons (Fsp3) is 0.250. The van der Waals surface area contributed by atoms with Gasteiger partial charge in [0.25, 0.3) is 0 Å². The van der Waals surface area contributed by atoms with Gasteiger partial charge in [-0.2, -0.15) is 0 Å². The van der Waals surface area contributed by atoms with Gasteiger partial charge in [0.2, 0.25) is 5.91 Å². The second-order valence-corrected chi connectivity index (χ2v) is 3.78. The Morgan fingerprint density at radius 2 is 2.17 bits per heavy atom. The molecular weight excluding hydrogens is 238 g/mol. The molecule has 0 spiro atoms. The SMILES string of the molecule is CCOC(=O)C1C(=O)Nc2cc(C(=O)O)ccc21. The minimum absolute atomic E-state index is 0.0542. The van der Waals surface area contributed by atoms with E-state index in [0.29, 0.717) is 11.3 Å². The van der Waals surface area contributed by atoms with E-state index in [9.17, 15) is 14.4 Å². The predicted octanol–water partition coefficient (Wildman–Crippen LogP) is 0.984. The van der Waals surface area contributed by atoms with Crippen LogP contribution in [0.2, 0.25) is 0 Å². The lowest BCUT2D eigenvalue weighted by Crippen LogP contribution is -2.22. The van der Waals surface area contributed by atoms with Gasteiger partial charge in [0.1, 0.15) is 0 Å². The van der Waals surface area contributed by atoms with Crippen molar-refractivity contribution in [3.05, 3.63) is 29.3 Å². The number of rotatable bonds is 3. The Labute approximate surface area is 103 Å². The van der Waals surface area contributed by atoms with Crippen LogP contribution in [0.25, 0.3) is 0 Å². The number of hydrogen-bond acceptors (Lipinski definition) is 4. The maximum absolute atomic E-state index is 11.7. The number of fused-ring (bicyclic) bond motifs is 1. The van der Waals surface area contributed by atoms with E-state index in [1.165, 1.54) is 18.2 Å². The van der Waals surface area contributed by atoms with Gasteiger partial charge in [-0.15, -0.1) is 0 Å². The van der Waals surface area contributed by atoms with Crippen LogP contribution in [0.1, 0.15) is 28.8 Å². The Balaban J connectivity index is 2.38. The molecule has 1 aliphatic rings. The van der Waals surface area contributed by atoms with Crippen molar-refractivity contribution in [2.75, 3.05) is 11.9 Å². The Morgan fingerprint density at radius 1 is 1.44 bits per heavy atom. The van der Waals surface area contributed by atoms with Crippen LogP contribution >= 0.6 is 0 Å². The van der Waals surface area contributed by atoms with Crippen molar-refractivity contribution in [2.24, 2.45) is 0 Å². The predicted molar refractivity (Wildman–Crippen MR) is 61.4 cm³/mol. The van der Waals surface area contributed by atoms with Gasteiger partial charge in [0.15, 0.2) is 5.92 Å². The number of nitrogens with one attached hydrogen (secondary N) is 1. The lowest BCUT2D eigenvalue weighted by atomic mass is 9.99. The average Bonchev–Trinajstić information content (AvgIpc) is 2.63. The van der Waals surface area contributed by atoms with E-state index in [4.69, 9.17) is 9.84 Å². The highest BCUT2D eigenvalue weighted by atomic mass is 16.5. The van der Waals surface area contributed by atoms with Crippen LogP contribution in [0.3, 0.4) is 0 Å². The molecule has 18 heavy (non-hydrogen) atoms. The van der Waals surface area contributed by atoms with Gasteiger partial charge >= 0.3 is 11.9 Å². The quantitative estimate of drug-likeness (QED) is 0.615. The third-order valence-electron chi connectivity index (χ3n) is 2.65. The number of anilines is 1. The first-order chi connectivity index (χ1) is 8.54. The average molecular weight is 249 g/mol. The number of carbonyl (C=O) groups excluding carboxylic acids is 2. The molecule has 6 nitrogen and oxygen atoms in total. The number of benzene rings is 1. The number of ether oxygens (including phenoxy) is 1. The Morgan fingerprint density at radius 3 is 2.78 bits per heavy atom. The molecule has 1 atom stereocenters. The van der Waals surface area contributed by atoms with E-state index in [1.54, 1.807) is 6.92 Å². The summed E-state index contributed by atoms with van der Waals surface area (Å²) in [6.07, 6.45) is 0. The number of aromatic carboxylic acids is 1. The molecule has 6 heteroatoms. The number of hydrogen-bond donors (Lipinski definition) is 2. The Hall–Kier alpha value is -2.37. The molecule has 0 aromatic heterocycles. The van der Waals surface area contributed by atoms with Crippen LogP contribution in [0.5, 0.6) is 0 Å². The molecule has 94 valence electrons. The van der Waals surface area contributed by atoms with Gasteiger partial charge in [-0.3, -0.25) is 9.59 Å². The van der Waals surface area contributed by atoms with Crippen molar-refractivity contribution in [1.82, 2.24) is 0 Å². The summed E-state index contributed by atoms with van der Waals surface area (Å²) in [7, 11) is 0. The third kappa shape index (κ3) is 1.92. The zero-order valence-electron chi connectivity index (χ0n) is 9.60. The van der Waals surface area contributed by atoms with Gasteiger partial charge in [-0.1, -0.05) is 6.07 Å². The van der Waals surface area contributed by atoms with E-state index in [0.717, 1.165) is 0 Å². The summed E-state index contributed by atoms with van der Waals surface area (Å²) in [5, 5.41) is 11.3. The number of amides is 1. The van der Waals surface area contributed by atoms with Crippen molar-refractivity contribution in [1.29, 1.82) is 0 Å². The van der Waals surface area contributed by atoms with Crippen molar-refractivity contribution in [2.45, 2.75) is 12.8 Å². The van der Waals surface area contributed by atoms with Gasteiger partial charge in [-0.25, -0.2) is 4.79 Å². The normalized spacial score (nSPS) is 16.9. The molecule has 0 aliphatic carbocycles. The van der Waals surface area contributed by atoms with Crippen LogP contribution in [-0.2, 0) is 14.3 Å². The number of carbonyl (C=O) groups is 3. The molecule has 0 bridgehead atoms. The minimum atomic E-state index is -1.09. The lowest BCUT2D eigenvalue weighted by Gasteiger charge is -2.07. The van der Waals surface area contributed by atoms with E-state index in [1.807, 2.05) is 0 Å². The summed E-state index contributed by atoms with van der Waals surface area (Å²) in [5.41, 5.74) is 0.847. The zero-order valence-corrected chi connectivity index (χ0v) is 9.60. The fourth-order valence-corrected chi connectivity index (χ4v) is 1.86. The van der Waals surface area contributed by atoms with Gasteiger partial charge in [-0.05, 0) is 24.6 Å². The molecule has 0 radical (unpaired) electrons. The van der Waals surface area contributed by atoms with E-state index < -0.39 is 23.8 Å². The maximum Gasteiger partial charge on any atom is 0.335 e. The number of carboxylic acid groups (broad SMARTS) is 1. The van der Waals surface area contributed by atoms with Crippen molar-refractivity contribution >= 4 is 23.5 Å². The van der Waals surface area contributed by atoms with Crippen molar-refractivity contribution in [3.8, 4) is 0 Å². The Bertz CT molecular complexity index is 537. The topological polar surface area (TPSA) is 92.7 Å². The second kappa shape index (κ2) is 4.48. The van der Waals surface area contributed by atoms with Crippen molar-refractivity contribution < 1.29 is 24.2 Å². The minimum Gasteiger partial charge on any atom is -0.478 e. The largest absolute Gasteiger partial charge is 0.478 e. The summed E-state index contributed by atoms with van der Waals surface area (Å²) in [6.45, 7) is 1.84. The molecule has 1 aromatic carbocycles. The second-order valence-electron chi connectivity index (χ2n) is 3.78. The van der Waals surface area contributed by atoms with Gasteiger partial charge < -0.3 is 15.2 Å². The van der Waals surface area contributed by atoms with Gasteiger partial charge in [0.05, 0.1) is 12.2 Å². The summed E-state index contributed by atoms with van der Waals surface area (Å²) in [5.74, 6) is -3.22. The monoisotopic (exact) mass is 249 g/mol. The molecule has 0 saturated heterocycles. The standard InChI is InChI=1S/C12H11NO5/c1-2-18-12(17)9-7-4-3-6(11(15)16)5-8(7)13-10(9)14/h3-5,9H,2H2,1H3,(H,13,14)(H,15,16). The van der Waals surface area contributed by atoms with Crippen LogP contribution in [0.15, 0.2) is 18.2 Å². The van der Waals surface area contributed by atoms with Gasteiger partial charge in [0, 0.05) is 5.69 Å². The van der Waals surface area contributed by atoms with Crippen molar-refractivity contribution in [3.63, 3.8) is 0 Å². The third-order valence-corrected chi connectivity index (χ3v) is 2.65. The first kappa shape index (κ1) is 12.1. The van der Waals surface area contributed by atoms with Crippen LogP contribution in [0.4, 0.5) is 5.69 Å². The summed E-state index contributed by atoms with van der Waals surface area (Å²) >= 11 is 0. The number of esters is 1. The highest BCUT2D eigenvalue weighted by Gasteiger charge is 2.37. The molecule has 1 aliphatic heterocycles. The summed E-state index contributed by atoms with van der Waals surface area (Å²) < 4.78 is 4.81. The van der Waals surface area contributed by atoms with E-state index >= 15 is 0 Å². The fourth-order valence-electron chi connectivity index (χ4n) is 1.86. The molecule has 0 saturated carbocycles. The molecule has 1 aromatic rings. The molecular formula is C12H11NO5. The molecule has 1 heterocycles. The zero-order chi connectivity index (χ0) is 13.3. The van der Waals surface area contributed by atoms with Crippen LogP contribution in [-0.4, -0.2) is 29.6 Å². The van der Waals surface area contributed by atoms with Crippen LogP contribution < -0.4 is 5.32 Å². The highest BCUT2D eigenvalue weighted by molar-refractivity contribution is 6.15. The number of carboxylic acids is 1. The first-order valence-corrected chi connectivity index (χ1v) is 5.39. The maximum atomic E-state index is 11.7. The summed E-state index contributed by atoms with van der Waals surface area (Å²) in [4.78, 5) is 34.1. The first-order valence-electron chi connectivity index (χ1n) is 5.39. The highest BCUT2D eigenvalue weighted by Crippen LogP contribution is 2.34. The molecule has 0 fully saturated rings. The van der Waals surface area contributed by atoms with E-state index in [2.05, 4.69) is 5.32 Å². The molecule has 2 N–H and O–H groups in total. The molecule has 1 unspecified atom stereocenters. The molecule has 1 amide bonds. The van der Waals surface area contributed by atoms with E-state index in [-0.39, 0.29) is 12.2 Å². The Kier molecular flexibility index (Phi) is 3.01. The lowest BCUT2D eigenvalue weighted by molar-refractivity contribution is -0.147. The van der Waals surface area contributed by atoms with Crippen LogP contribution in [0, 0.1) is 0 Å². The molecule has 2 rings (SSSR count). The summed E-state index contributed by atoms with van der Waals surface area (Å²) in [6, 6.07) is 4.14.